The third kappa shape index (κ3) is 3.05. The predicted molar refractivity (Wildman–Crippen MR) is 69.7 cm³/mol. The molecule has 0 amide bonds. The van der Waals surface area contributed by atoms with Crippen molar-refractivity contribution in [3.05, 3.63) is 62.3 Å². The van der Waals surface area contributed by atoms with Gasteiger partial charge in [0.05, 0.1) is 10.3 Å². The molecule has 88 valence electrons. The second-order valence-electron chi connectivity index (χ2n) is 3.65. The lowest BCUT2D eigenvalue weighted by Crippen LogP contribution is -1.95. The molecule has 0 N–H and O–H groups in total. The summed E-state index contributed by atoms with van der Waals surface area (Å²) in [4.78, 5) is 10.1. The SMILES string of the molecule is O=[N+]([O-])c1ccc(CC(Cl)c2ccsc2)cc1. The van der Waals surface area contributed by atoms with Gasteiger partial charge in [0.2, 0.25) is 0 Å². The number of hydrogen-bond donors (Lipinski definition) is 0. The van der Waals surface area contributed by atoms with Crippen LogP contribution >= 0.6 is 22.9 Å². The number of benzene rings is 1. The van der Waals surface area contributed by atoms with Crippen molar-refractivity contribution in [2.24, 2.45) is 0 Å². The molecule has 3 nitrogen and oxygen atoms in total. The largest absolute Gasteiger partial charge is 0.269 e. The first kappa shape index (κ1) is 12.1. The van der Waals surface area contributed by atoms with Crippen molar-refractivity contribution < 1.29 is 4.92 Å². The van der Waals surface area contributed by atoms with Gasteiger partial charge in [0, 0.05) is 12.1 Å². The maximum Gasteiger partial charge on any atom is 0.269 e. The van der Waals surface area contributed by atoms with E-state index in [4.69, 9.17) is 11.6 Å². The third-order valence-electron chi connectivity index (χ3n) is 2.47. The van der Waals surface area contributed by atoms with Gasteiger partial charge in [-0.25, -0.2) is 0 Å². The average molecular weight is 268 g/mol. The van der Waals surface area contributed by atoms with Crippen LogP contribution in [0.25, 0.3) is 0 Å². The van der Waals surface area contributed by atoms with Crippen LogP contribution in [0.5, 0.6) is 0 Å². The first-order valence-corrected chi connectivity index (χ1v) is 6.44. The van der Waals surface area contributed by atoms with Crippen LogP contribution < -0.4 is 0 Å². The molecular weight excluding hydrogens is 258 g/mol. The molecule has 1 atom stereocenters. The van der Waals surface area contributed by atoms with E-state index in [0.29, 0.717) is 6.42 Å². The topological polar surface area (TPSA) is 43.1 Å². The summed E-state index contributed by atoms with van der Waals surface area (Å²) < 4.78 is 0. The predicted octanol–water partition coefficient (Wildman–Crippen LogP) is 4.18. The Morgan fingerprint density at radius 2 is 2.00 bits per heavy atom. The van der Waals surface area contributed by atoms with Crippen molar-refractivity contribution in [3.8, 4) is 0 Å². The van der Waals surface area contributed by atoms with Crippen LogP contribution in [0.2, 0.25) is 0 Å². The minimum atomic E-state index is -0.402. The van der Waals surface area contributed by atoms with Crippen molar-refractivity contribution >= 4 is 28.6 Å². The molecule has 0 spiro atoms. The van der Waals surface area contributed by atoms with Gasteiger partial charge >= 0.3 is 0 Å². The van der Waals surface area contributed by atoms with E-state index < -0.39 is 4.92 Å². The molecule has 0 bridgehead atoms. The molecule has 2 aromatic rings. The molecule has 0 radical (unpaired) electrons. The van der Waals surface area contributed by atoms with E-state index in [-0.39, 0.29) is 11.1 Å². The van der Waals surface area contributed by atoms with E-state index in [2.05, 4.69) is 0 Å². The summed E-state index contributed by atoms with van der Waals surface area (Å²) in [5.41, 5.74) is 2.20. The highest BCUT2D eigenvalue weighted by atomic mass is 35.5. The van der Waals surface area contributed by atoms with E-state index in [9.17, 15) is 10.1 Å². The molecule has 1 aromatic heterocycles. The average Bonchev–Trinajstić information content (AvgIpc) is 2.83. The molecule has 2 rings (SSSR count). The van der Waals surface area contributed by atoms with Crippen molar-refractivity contribution in [1.82, 2.24) is 0 Å². The van der Waals surface area contributed by atoms with Gasteiger partial charge in [-0.15, -0.1) is 11.6 Å². The van der Waals surface area contributed by atoms with Gasteiger partial charge in [-0.05, 0) is 34.4 Å². The zero-order valence-electron chi connectivity index (χ0n) is 8.88. The first-order chi connectivity index (χ1) is 8.16. The Morgan fingerprint density at radius 3 is 2.53 bits per heavy atom. The second-order valence-corrected chi connectivity index (χ2v) is 4.96. The number of thiophene rings is 1. The highest BCUT2D eigenvalue weighted by Gasteiger charge is 2.10. The highest BCUT2D eigenvalue weighted by molar-refractivity contribution is 7.08. The molecular formula is C12H10ClNO2S. The Labute approximate surface area is 108 Å². The number of nitro groups is 1. The van der Waals surface area contributed by atoms with Crippen LogP contribution in [0, 0.1) is 10.1 Å². The van der Waals surface area contributed by atoms with Crippen molar-refractivity contribution in [2.75, 3.05) is 0 Å². The molecule has 1 aromatic carbocycles. The van der Waals surface area contributed by atoms with E-state index >= 15 is 0 Å². The first-order valence-electron chi connectivity index (χ1n) is 5.06. The normalized spacial score (nSPS) is 12.3. The quantitative estimate of drug-likeness (QED) is 0.474. The summed E-state index contributed by atoms with van der Waals surface area (Å²) in [7, 11) is 0. The number of non-ortho nitro benzene ring substituents is 1. The van der Waals surface area contributed by atoms with Crippen LogP contribution in [0.1, 0.15) is 16.5 Å². The minimum Gasteiger partial charge on any atom is -0.258 e. The molecule has 5 heteroatoms. The van der Waals surface area contributed by atoms with Crippen molar-refractivity contribution in [3.63, 3.8) is 0 Å². The molecule has 0 aliphatic carbocycles. The van der Waals surface area contributed by atoms with Crippen LogP contribution in [-0.4, -0.2) is 4.92 Å². The summed E-state index contributed by atoms with van der Waals surface area (Å²) in [6, 6.07) is 8.51. The number of halogens is 1. The fourth-order valence-electron chi connectivity index (χ4n) is 1.53. The molecule has 0 saturated heterocycles. The van der Waals surface area contributed by atoms with Gasteiger partial charge < -0.3 is 0 Å². The summed E-state index contributed by atoms with van der Waals surface area (Å²) in [6.45, 7) is 0. The Kier molecular flexibility index (Phi) is 3.76. The fraction of sp³-hybridized carbons (Fsp3) is 0.167. The van der Waals surface area contributed by atoms with E-state index in [0.717, 1.165) is 11.1 Å². The standard InChI is InChI=1S/C12H10ClNO2S/c13-12(10-5-6-17-8-10)7-9-1-3-11(4-2-9)14(15)16/h1-6,8,12H,7H2. The van der Waals surface area contributed by atoms with Gasteiger partial charge in [0.25, 0.3) is 5.69 Å². The molecule has 1 heterocycles. The van der Waals surface area contributed by atoms with E-state index in [1.165, 1.54) is 12.1 Å². The number of nitrogens with zero attached hydrogens (tertiary/aromatic N) is 1. The van der Waals surface area contributed by atoms with Gasteiger partial charge in [-0.2, -0.15) is 11.3 Å². The van der Waals surface area contributed by atoms with Gasteiger partial charge in [-0.3, -0.25) is 10.1 Å². The number of hydrogen-bond acceptors (Lipinski definition) is 3. The summed E-state index contributed by atoms with van der Waals surface area (Å²) in [5.74, 6) is 0. The summed E-state index contributed by atoms with van der Waals surface area (Å²) in [6.07, 6.45) is 0.677. The third-order valence-corrected chi connectivity index (χ3v) is 3.57. The Hall–Kier alpha value is -1.39. The number of rotatable bonds is 4. The van der Waals surface area contributed by atoms with Crippen molar-refractivity contribution in [1.29, 1.82) is 0 Å². The summed E-state index contributed by atoms with van der Waals surface area (Å²) in [5, 5.41) is 14.4. The van der Waals surface area contributed by atoms with Crippen LogP contribution in [0.4, 0.5) is 5.69 Å². The highest BCUT2D eigenvalue weighted by Crippen LogP contribution is 2.27. The molecule has 0 aliphatic heterocycles. The minimum absolute atomic E-state index is 0.0808. The van der Waals surface area contributed by atoms with Gasteiger partial charge in [0.15, 0.2) is 0 Å². The van der Waals surface area contributed by atoms with Crippen LogP contribution in [0.15, 0.2) is 41.1 Å². The Morgan fingerprint density at radius 1 is 1.29 bits per heavy atom. The lowest BCUT2D eigenvalue weighted by molar-refractivity contribution is -0.384. The summed E-state index contributed by atoms with van der Waals surface area (Å²) >= 11 is 7.87. The van der Waals surface area contributed by atoms with E-state index in [1.54, 1.807) is 23.5 Å². The fourth-order valence-corrected chi connectivity index (χ4v) is 2.63. The molecule has 17 heavy (non-hydrogen) atoms. The monoisotopic (exact) mass is 267 g/mol. The Balaban J connectivity index is 2.06. The van der Waals surface area contributed by atoms with Crippen molar-refractivity contribution in [2.45, 2.75) is 11.8 Å². The second kappa shape index (κ2) is 5.29. The van der Waals surface area contributed by atoms with Gasteiger partial charge in [0.1, 0.15) is 0 Å². The van der Waals surface area contributed by atoms with Crippen LogP contribution in [0.3, 0.4) is 0 Å². The molecule has 1 unspecified atom stereocenters. The lowest BCUT2D eigenvalue weighted by Gasteiger charge is -2.07. The Bertz CT molecular complexity index is 496. The zero-order valence-corrected chi connectivity index (χ0v) is 10.4. The molecule has 0 saturated carbocycles. The molecule has 0 fully saturated rings. The zero-order chi connectivity index (χ0) is 12.3. The number of nitro benzene ring substituents is 1. The lowest BCUT2D eigenvalue weighted by atomic mass is 10.1. The maximum atomic E-state index is 10.5. The molecule has 0 aliphatic rings. The van der Waals surface area contributed by atoms with E-state index in [1.807, 2.05) is 16.8 Å². The van der Waals surface area contributed by atoms with Crippen LogP contribution in [-0.2, 0) is 6.42 Å². The maximum absolute atomic E-state index is 10.5. The van der Waals surface area contributed by atoms with Gasteiger partial charge in [-0.1, -0.05) is 12.1 Å². The smallest absolute Gasteiger partial charge is 0.258 e. The number of alkyl halides is 1.